The van der Waals surface area contributed by atoms with E-state index in [1.165, 1.54) is 26.3 Å². The second-order valence-corrected chi connectivity index (χ2v) is 12.5. The average molecular weight is 541 g/mol. The quantitative estimate of drug-likeness (QED) is 0.242. The van der Waals surface area contributed by atoms with E-state index in [9.17, 15) is 19.5 Å². The fourth-order valence-corrected chi connectivity index (χ4v) is 7.99. The van der Waals surface area contributed by atoms with Crippen molar-refractivity contribution in [2.24, 2.45) is 28.6 Å². The van der Waals surface area contributed by atoms with E-state index in [1.807, 2.05) is 0 Å². The number of allylic oxidation sites excluding steroid dienone is 1. The van der Waals surface area contributed by atoms with Gasteiger partial charge in [-0.15, -0.1) is 0 Å². The van der Waals surface area contributed by atoms with Gasteiger partial charge >= 0.3 is 17.9 Å². The number of hydrogen-bond acceptors (Lipinski definition) is 7. The van der Waals surface area contributed by atoms with Crippen LogP contribution in [0.15, 0.2) is 11.6 Å². The molecule has 4 aliphatic rings. The van der Waals surface area contributed by atoms with Gasteiger partial charge in [-0.2, -0.15) is 0 Å². The normalized spacial score (nSPS) is 43.6. The number of alkyl halides is 1. The molecule has 4 aliphatic carbocycles. The molecule has 4 rings (SSSR count). The van der Waals surface area contributed by atoms with Crippen LogP contribution in [0.1, 0.15) is 73.1 Å². The maximum atomic E-state index is 12.1. The molecule has 0 saturated heterocycles. The lowest BCUT2D eigenvalue weighted by molar-refractivity contribution is -0.254. The predicted molar refractivity (Wildman–Crippen MR) is 128 cm³/mol. The van der Waals surface area contributed by atoms with Crippen LogP contribution in [0.3, 0.4) is 0 Å². The van der Waals surface area contributed by atoms with Crippen molar-refractivity contribution < 1.29 is 33.7 Å². The highest BCUT2D eigenvalue weighted by atomic mass is 79.9. The van der Waals surface area contributed by atoms with Gasteiger partial charge in [-0.1, -0.05) is 41.4 Å². The van der Waals surface area contributed by atoms with Crippen LogP contribution in [0.2, 0.25) is 0 Å². The SMILES string of the molecule is CC(=O)OC[C@H](Br)[C@@]1(C)CC=C2[C@@H](C1)[C@H](OC(C)=O)C[C@@H]1[C@@]3(O)CC[C@H]3[C@H](OC(C)=O)C[C@@]21C. The molecule has 0 radical (unpaired) electrons. The lowest BCUT2D eigenvalue weighted by Crippen LogP contribution is -2.69. The van der Waals surface area contributed by atoms with Gasteiger partial charge in [0.25, 0.3) is 0 Å². The van der Waals surface area contributed by atoms with Crippen molar-refractivity contribution >= 4 is 33.8 Å². The third-order valence-electron chi connectivity index (χ3n) is 9.22. The van der Waals surface area contributed by atoms with Gasteiger partial charge in [0, 0.05) is 38.5 Å². The van der Waals surface area contributed by atoms with Crippen LogP contribution >= 0.6 is 15.9 Å². The molecule has 3 fully saturated rings. The third kappa shape index (κ3) is 4.23. The van der Waals surface area contributed by atoms with E-state index in [2.05, 4.69) is 35.9 Å². The Balaban J connectivity index is 1.70. The number of rotatable bonds is 5. The van der Waals surface area contributed by atoms with Gasteiger partial charge in [-0.25, -0.2) is 0 Å². The molecule has 1 N–H and O–H groups in total. The lowest BCUT2D eigenvalue weighted by atomic mass is 9.41. The molecule has 0 spiro atoms. The second kappa shape index (κ2) is 8.91. The van der Waals surface area contributed by atoms with Crippen LogP contribution in [0.4, 0.5) is 0 Å². The first-order chi connectivity index (χ1) is 15.8. The van der Waals surface area contributed by atoms with Crippen molar-refractivity contribution in [3.63, 3.8) is 0 Å². The van der Waals surface area contributed by atoms with Crippen molar-refractivity contribution in [3.05, 3.63) is 11.6 Å². The van der Waals surface area contributed by atoms with Crippen LogP contribution in [0.25, 0.3) is 0 Å². The standard InChI is InChI=1S/C26H37BrO7/c1-14(28)32-13-23(27)24(4)8-6-18-17(11-24)20(33-15(2)29)10-22-25(18,5)12-21(34-16(3)30)19-7-9-26(19,22)31/h6,17,19-23,31H,7-13H2,1-5H3/t17-,19+,20-,21-,22+,23+,24+,25+,26-/m1/s1. The van der Waals surface area contributed by atoms with Gasteiger partial charge in [-0.05, 0) is 49.4 Å². The first-order valence-corrected chi connectivity index (χ1v) is 13.3. The summed E-state index contributed by atoms with van der Waals surface area (Å²) < 4.78 is 16.9. The molecule has 0 aromatic carbocycles. The molecule has 3 saturated carbocycles. The Bertz CT molecular complexity index is 902. The van der Waals surface area contributed by atoms with Crippen LogP contribution in [-0.4, -0.2) is 52.3 Å². The fourth-order valence-electron chi connectivity index (χ4n) is 7.49. The van der Waals surface area contributed by atoms with Crippen molar-refractivity contribution in [2.75, 3.05) is 6.61 Å². The van der Waals surface area contributed by atoms with E-state index in [0.717, 1.165) is 19.3 Å². The highest BCUT2D eigenvalue weighted by molar-refractivity contribution is 9.09. The maximum Gasteiger partial charge on any atom is 0.302 e. The highest BCUT2D eigenvalue weighted by Gasteiger charge is 2.68. The van der Waals surface area contributed by atoms with E-state index in [0.29, 0.717) is 19.3 Å². The Morgan fingerprint density at radius 1 is 1.09 bits per heavy atom. The molecule has 7 nitrogen and oxygen atoms in total. The molecule has 190 valence electrons. The number of ether oxygens (including phenoxy) is 3. The number of aliphatic hydroxyl groups is 1. The summed E-state index contributed by atoms with van der Waals surface area (Å²) in [4.78, 5) is 35.3. The topological polar surface area (TPSA) is 99.1 Å². The summed E-state index contributed by atoms with van der Waals surface area (Å²) in [6.07, 6.45) is 5.90. The molecular formula is C26H37BrO7. The van der Waals surface area contributed by atoms with Gasteiger partial charge in [0.1, 0.15) is 18.8 Å². The summed E-state index contributed by atoms with van der Waals surface area (Å²) >= 11 is 3.75. The number of carbonyl (C=O) groups excluding carboxylic acids is 3. The Hall–Kier alpha value is -1.41. The number of hydrogen-bond donors (Lipinski definition) is 1. The third-order valence-corrected chi connectivity index (χ3v) is 10.6. The highest BCUT2D eigenvalue weighted by Crippen LogP contribution is 2.67. The lowest BCUT2D eigenvalue weighted by Gasteiger charge is -2.67. The number of esters is 3. The van der Waals surface area contributed by atoms with Crippen molar-refractivity contribution in [1.29, 1.82) is 0 Å². The summed E-state index contributed by atoms with van der Waals surface area (Å²) in [5, 5.41) is 11.8. The summed E-state index contributed by atoms with van der Waals surface area (Å²) in [6, 6.07) is 0. The molecular weight excluding hydrogens is 504 g/mol. The maximum absolute atomic E-state index is 12.1. The summed E-state index contributed by atoms with van der Waals surface area (Å²) in [7, 11) is 0. The van der Waals surface area contributed by atoms with Gasteiger partial charge in [0.15, 0.2) is 0 Å². The van der Waals surface area contributed by atoms with E-state index in [4.69, 9.17) is 14.2 Å². The van der Waals surface area contributed by atoms with Gasteiger partial charge in [0.2, 0.25) is 0 Å². The molecule has 0 heterocycles. The van der Waals surface area contributed by atoms with Gasteiger partial charge < -0.3 is 19.3 Å². The van der Waals surface area contributed by atoms with Crippen LogP contribution in [0.5, 0.6) is 0 Å². The Morgan fingerprint density at radius 3 is 2.29 bits per heavy atom. The molecule has 34 heavy (non-hydrogen) atoms. The zero-order valence-electron chi connectivity index (χ0n) is 20.8. The summed E-state index contributed by atoms with van der Waals surface area (Å²) in [5.74, 6) is -1.10. The number of fused-ring (bicyclic) bond motifs is 5. The molecule has 0 aromatic rings. The smallest absolute Gasteiger partial charge is 0.302 e. The monoisotopic (exact) mass is 540 g/mol. The second-order valence-electron chi connectivity index (χ2n) is 11.4. The molecule has 9 atom stereocenters. The Labute approximate surface area is 210 Å². The minimum atomic E-state index is -0.925. The fraction of sp³-hybridized carbons (Fsp3) is 0.808. The Morgan fingerprint density at radius 2 is 1.74 bits per heavy atom. The predicted octanol–water partition coefficient (Wildman–Crippen LogP) is 4.09. The summed E-state index contributed by atoms with van der Waals surface area (Å²) in [6.45, 7) is 8.90. The molecule has 0 unspecified atom stereocenters. The van der Waals surface area contributed by atoms with Crippen LogP contribution in [-0.2, 0) is 28.6 Å². The zero-order chi connectivity index (χ0) is 25.1. The molecule has 0 bridgehead atoms. The number of halogens is 1. The molecule has 0 amide bonds. The summed E-state index contributed by atoms with van der Waals surface area (Å²) in [5.41, 5.74) is -0.279. The van der Waals surface area contributed by atoms with Crippen molar-refractivity contribution in [2.45, 2.75) is 95.8 Å². The van der Waals surface area contributed by atoms with E-state index in [-0.39, 0.29) is 70.1 Å². The van der Waals surface area contributed by atoms with Gasteiger partial charge in [0.05, 0.1) is 10.4 Å². The largest absolute Gasteiger partial charge is 0.465 e. The minimum absolute atomic E-state index is 0.0144. The Kier molecular flexibility index (Phi) is 6.73. The molecule has 0 aromatic heterocycles. The zero-order valence-corrected chi connectivity index (χ0v) is 22.4. The van der Waals surface area contributed by atoms with E-state index >= 15 is 0 Å². The van der Waals surface area contributed by atoms with Crippen LogP contribution < -0.4 is 0 Å². The first-order valence-electron chi connectivity index (χ1n) is 12.3. The van der Waals surface area contributed by atoms with Crippen molar-refractivity contribution in [3.8, 4) is 0 Å². The van der Waals surface area contributed by atoms with Crippen LogP contribution in [0, 0.1) is 28.6 Å². The van der Waals surface area contributed by atoms with E-state index in [1.54, 1.807) is 0 Å². The van der Waals surface area contributed by atoms with E-state index < -0.39 is 5.60 Å². The van der Waals surface area contributed by atoms with Gasteiger partial charge in [-0.3, -0.25) is 14.4 Å². The minimum Gasteiger partial charge on any atom is -0.465 e. The number of carbonyl (C=O) groups is 3. The van der Waals surface area contributed by atoms with Crippen molar-refractivity contribution in [1.82, 2.24) is 0 Å². The first kappa shape index (κ1) is 25.7. The average Bonchev–Trinajstić information content (AvgIpc) is 2.71. The molecule has 8 heteroatoms. The molecule has 0 aliphatic heterocycles.